The van der Waals surface area contributed by atoms with Crippen LogP contribution in [0.5, 0.6) is 0 Å². The Morgan fingerprint density at radius 2 is 2.05 bits per heavy atom. The lowest BCUT2D eigenvalue weighted by Gasteiger charge is -2.06. The average molecular weight is 290 g/mol. The lowest BCUT2D eigenvalue weighted by molar-refractivity contribution is 0.602. The maximum Gasteiger partial charge on any atom is 0.238 e. The average Bonchev–Trinajstić information content (AvgIpc) is 2.37. The Morgan fingerprint density at radius 3 is 2.70 bits per heavy atom. The maximum absolute atomic E-state index is 11.5. The fourth-order valence-corrected chi connectivity index (χ4v) is 2.10. The first-order valence-electron chi connectivity index (χ1n) is 5.37. The van der Waals surface area contributed by atoms with Crippen LogP contribution >= 0.6 is 0 Å². The first kappa shape index (κ1) is 13.7. The van der Waals surface area contributed by atoms with Crippen LogP contribution in [-0.4, -0.2) is 29.6 Å². The second-order valence-corrected chi connectivity index (χ2v) is 5.89. The molecule has 20 heavy (non-hydrogen) atoms. The van der Waals surface area contributed by atoms with Crippen LogP contribution in [-0.2, 0) is 9.84 Å². The van der Waals surface area contributed by atoms with E-state index in [9.17, 15) is 8.42 Å². The van der Waals surface area contributed by atoms with E-state index in [1.807, 2.05) is 0 Å². The summed E-state index contributed by atoms with van der Waals surface area (Å²) in [7, 11) is -3.31. The molecule has 0 unspecified atom stereocenters. The van der Waals surface area contributed by atoms with Gasteiger partial charge in [-0.15, -0.1) is 0 Å². The minimum atomic E-state index is -3.31. The van der Waals surface area contributed by atoms with Crippen molar-refractivity contribution < 1.29 is 8.42 Å². The first-order chi connectivity index (χ1) is 9.38. The van der Waals surface area contributed by atoms with E-state index in [1.54, 1.807) is 18.2 Å². The molecule has 2 rings (SSSR count). The van der Waals surface area contributed by atoms with Gasteiger partial charge in [0.25, 0.3) is 0 Å². The summed E-state index contributed by atoms with van der Waals surface area (Å²) in [6.45, 7) is 0. The maximum atomic E-state index is 11.5. The van der Waals surface area contributed by atoms with Gasteiger partial charge in [-0.05, 0) is 18.2 Å². The van der Waals surface area contributed by atoms with Gasteiger partial charge in [0, 0.05) is 11.9 Å². The van der Waals surface area contributed by atoms with Crippen molar-refractivity contribution in [3.8, 4) is 6.07 Å². The number of hydrogen-bond donors (Lipinski definition) is 2. The smallest absolute Gasteiger partial charge is 0.238 e. The van der Waals surface area contributed by atoms with E-state index in [4.69, 9.17) is 11.0 Å². The van der Waals surface area contributed by atoms with Gasteiger partial charge in [0.2, 0.25) is 17.7 Å². The van der Waals surface area contributed by atoms with Crippen LogP contribution in [0.25, 0.3) is 0 Å². The zero-order chi connectivity index (χ0) is 14.8. The van der Waals surface area contributed by atoms with Gasteiger partial charge in [-0.2, -0.15) is 20.2 Å². The minimum Gasteiger partial charge on any atom is -0.368 e. The second-order valence-electron chi connectivity index (χ2n) is 3.88. The molecule has 0 aliphatic rings. The van der Waals surface area contributed by atoms with Crippen molar-refractivity contribution in [2.75, 3.05) is 17.3 Å². The Kier molecular flexibility index (Phi) is 3.49. The summed E-state index contributed by atoms with van der Waals surface area (Å²) in [5.41, 5.74) is 5.90. The molecular weight excluding hydrogens is 280 g/mol. The zero-order valence-electron chi connectivity index (χ0n) is 10.4. The number of rotatable bonds is 3. The van der Waals surface area contributed by atoms with E-state index in [2.05, 4.69) is 20.3 Å². The molecule has 0 bridgehead atoms. The summed E-state index contributed by atoms with van der Waals surface area (Å²) >= 11 is 0. The molecule has 0 spiro atoms. The molecule has 9 heteroatoms. The summed E-state index contributed by atoms with van der Waals surface area (Å²) in [6.07, 6.45) is 1.11. The number of hydrogen-bond acceptors (Lipinski definition) is 8. The molecule has 3 N–H and O–H groups in total. The van der Waals surface area contributed by atoms with Gasteiger partial charge in [0.1, 0.15) is 6.07 Å². The molecule has 1 aromatic heterocycles. The monoisotopic (exact) mass is 290 g/mol. The number of benzene rings is 1. The lowest BCUT2D eigenvalue weighted by atomic mass is 10.3. The summed E-state index contributed by atoms with van der Waals surface area (Å²) < 4.78 is 22.9. The summed E-state index contributed by atoms with van der Waals surface area (Å²) in [5.74, 6) is -0.155. The normalized spacial score (nSPS) is 10.8. The van der Waals surface area contributed by atoms with Crippen molar-refractivity contribution in [3.63, 3.8) is 0 Å². The molecule has 0 saturated carbocycles. The zero-order valence-corrected chi connectivity index (χ0v) is 11.2. The van der Waals surface area contributed by atoms with Crippen molar-refractivity contribution in [3.05, 3.63) is 30.1 Å². The lowest BCUT2D eigenvalue weighted by Crippen LogP contribution is -2.06. The summed E-state index contributed by atoms with van der Waals surface area (Å²) in [4.78, 5) is 11.4. The van der Waals surface area contributed by atoms with Crippen LogP contribution in [0.3, 0.4) is 0 Å². The third-order valence-electron chi connectivity index (χ3n) is 2.27. The predicted molar refractivity (Wildman–Crippen MR) is 71.8 cm³/mol. The number of anilines is 3. The molecule has 0 aliphatic carbocycles. The number of nitrogens with one attached hydrogen (secondary N) is 1. The number of sulfone groups is 1. The van der Waals surface area contributed by atoms with E-state index in [0.717, 1.165) is 6.26 Å². The highest BCUT2D eigenvalue weighted by atomic mass is 32.2. The molecule has 102 valence electrons. The molecule has 0 amide bonds. The van der Waals surface area contributed by atoms with Crippen molar-refractivity contribution in [2.24, 2.45) is 0 Å². The number of aromatic nitrogens is 3. The van der Waals surface area contributed by atoms with Gasteiger partial charge < -0.3 is 11.1 Å². The van der Waals surface area contributed by atoms with Crippen molar-refractivity contribution in [2.45, 2.75) is 4.90 Å². The fraction of sp³-hybridized carbons (Fsp3) is 0.0909. The Hall–Kier alpha value is -2.73. The van der Waals surface area contributed by atoms with Gasteiger partial charge in [0.05, 0.1) is 4.90 Å². The minimum absolute atomic E-state index is 0.0692. The molecule has 0 atom stereocenters. The van der Waals surface area contributed by atoms with Gasteiger partial charge in [-0.1, -0.05) is 6.07 Å². The predicted octanol–water partition coefficient (Wildman–Crippen LogP) is 0.473. The molecule has 8 nitrogen and oxygen atoms in total. The number of nitrogens with zero attached hydrogens (tertiary/aromatic N) is 4. The van der Waals surface area contributed by atoms with Gasteiger partial charge >= 0.3 is 0 Å². The highest BCUT2D eigenvalue weighted by Gasteiger charge is 2.09. The van der Waals surface area contributed by atoms with E-state index in [1.165, 1.54) is 12.1 Å². The van der Waals surface area contributed by atoms with Crippen LogP contribution in [0.2, 0.25) is 0 Å². The highest BCUT2D eigenvalue weighted by Crippen LogP contribution is 2.18. The standard InChI is InChI=1S/C11H10N6O2S/c1-20(18,19)8-4-2-3-7(5-8)14-11-16-9(6-12)15-10(13)17-11/h2-5H,1H3,(H3,13,14,15,16,17). The van der Waals surface area contributed by atoms with Gasteiger partial charge in [-0.25, -0.2) is 8.42 Å². The SMILES string of the molecule is CS(=O)(=O)c1cccc(Nc2nc(N)nc(C#N)n2)c1. The third-order valence-corrected chi connectivity index (χ3v) is 3.38. The second kappa shape index (κ2) is 5.10. The first-order valence-corrected chi connectivity index (χ1v) is 7.26. The van der Waals surface area contributed by atoms with Crippen molar-refractivity contribution in [1.29, 1.82) is 5.26 Å². The number of nitrogens with two attached hydrogens (primary N) is 1. The molecule has 1 aromatic carbocycles. The number of nitriles is 1. The highest BCUT2D eigenvalue weighted by molar-refractivity contribution is 7.90. The van der Waals surface area contributed by atoms with Gasteiger partial charge in [0.15, 0.2) is 9.84 Å². The summed E-state index contributed by atoms with van der Waals surface area (Å²) in [6, 6.07) is 7.88. The third kappa shape index (κ3) is 3.18. The number of nitrogen functional groups attached to an aromatic ring is 1. The van der Waals surface area contributed by atoms with Crippen molar-refractivity contribution >= 4 is 27.4 Å². The summed E-state index contributed by atoms with van der Waals surface area (Å²) in [5, 5.41) is 11.5. The van der Waals surface area contributed by atoms with E-state index in [0.29, 0.717) is 5.69 Å². The fourth-order valence-electron chi connectivity index (χ4n) is 1.43. The van der Waals surface area contributed by atoms with Crippen molar-refractivity contribution in [1.82, 2.24) is 15.0 Å². The molecular formula is C11H10N6O2S. The Morgan fingerprint density at radius 1 is 1.30 bits per heavy atom. The molecule has 0 aliphatic heterocycles. The molecule has 2 aromatic rings. The van der Waals surface area contributed by atoms with Gasteiger partial charge in [-0.3, -0.25) is 0 Å². The molecule has 1 heterocycles. The Bertz CT molecular complexity index is 797. The molecule has 0 saturated heterocycles. The molecule has 0 fully saturated rings. The van der Waals surface area contributed by atoms with E-state index in [-0.39, 0.29) is 22.6 Å². The van der Waals surface area contributed by atoms with Crippen LogP contribution in [0.15, 0.2) is 29.2 Å². The van der Waals surface area contributed by atoms with E-state index < -0.39 is 9.84 Å². The van der Waals surface area contributed by atoms with E-state index >= 15 is 0 Å². The van der Waals surface area contributed by atoms with Crippen LogP contribution in [0, 0.1) is 11.3 Å². The topological polar surface area (TPSA) is 135 Å². The van der Waals surface area contributed by atoms with Crippen LogP contribution in [0.4, 0.5) is 17.6 Å². The molecule has 0 radical (unpaired) electrons. The van der Waals surface area contributed by atoms with Crippen LogP contribution < -0.4 is 11.1 Å². The van der Waals surface area contributed by atoms with Crippen LogP contribution in [0.1, 0.15) is 5.82 Å². The largest absolute Gasteiger partial charge is 0.368 e. The Balaban J connectivity index is 2.36. The quantitative estimate of drug-likeness (QED) is 0.832. The Labute approximate surface area is 115 Å².